The van der Waals surface area contributed by atoms with Crippen molar-refractivity contribution in [3.63, 3.8) is 0 Å². The zero-order chi connectivity index (χ0) is 17.2. The van der Waals surface area contributed by atoms with E-state index in [1.165, 1.54) is 25.0 Å². The van der Waals surface area contributed by atoms with Gasteiger partial charge in [-0.05, 0) is 63.5 Å². The van der Waals surface area contributed by atoms with E-state index >= 15 is 0 Å². The summed E-state index contributed by atoms with van der Waals surface area (Å²) in [5, 5.41) is 3.23. The molecule has 0 saturated carbocycles. The first kappa shape index (κ1) is 20.6. The molecule has 2 saturated heterocycles. The predicted molar refractivity (Wildman–Crippen MR) is 99.2 cm³/mol. The van der Waals surface area contributed by atoms with Crippen molar-refractivity contribution in [1.82, 2.24) is 14.5 Å². The molecular formula is C17H27ClFN3O2S. The number of sulfonamides is 1. The molecular weight excluding hydrogens is 365 g/mol. The highest BCUT2D eigenvalue weighted by Gasteiger charge is 2.33. The number of aryl methyl sites for hydroxylation is 1. The third-order valence-electron chi connectivity index (χ3n) is 5.03. The molecule has 0 spiro atoms. The van der Waals surface area contributed by atoms with Gasteiger partial charge in [0, 0.05) is 25.7 Å². The fourth-order valence-corrected chi connectivity index (χ4v) is 5.16. The topological polar surface area (TPSA) is 52.7 Å². The van der Waals surface area contributed by atoms with Gasteiger partial charge < -0.3 is 10.2 Å². The molecule has 2 heterocycles. The molecule has 5 nitrogen and oxygen atoms in total. The van der Waals surface area contributed by atoms with Crippen molar-refractivity contribution in [2.45, 2.75) is 37.1 Å². The summed E-state index contributed by atoms with van der Waals surface area (Å²) in [5.41, 5.74) is 0.458. The van der Waals surface area contributed by atoms with Gasteiger partial charge in [-0.1, -0.05) is 6.07 Å². The van der Waals surface area contributed by atoms with Gasteiger partial charge in [-0.3, -0.25) is 0 Å². The number of halogens is 2. The molecule has 0 bridgehead atoms. The fraction of sp³-hybridized carbons (Fsp3) is 0.647. The Bertz CT molecular complexity index is 674. The van der Waals surface area contributed by atoms with E-state index in [0.717, 1.165) is 38.7 Å². The van der Waals surface area contributed by atoms with Crippen LogP contribution in [0.4, 0.5) is 4.39 Å². The molecule has 142 valence electrons. The average Bonchev–Trinajstić information content (AvgIpc) is 3.23. The van der Waals surface area contributed by atoms with Crippen molar-refractivity contribution < 1.29 is 12.8 Å². The molecule has 1 aromatic rings. The van der Waals surface area contributed by atoms with E-state index in [4.69, 9.17) is 0 Å². The van der Waals surface area contributed by atoms with Crippen molar-refractivity contribution in [1.29, 1.82) is 0 Å². The maximum Gasteiger partial charge on any atom is 0.243 e. The van der Waals surface area contributed by atoms with Gasteiger partial charge in [-0.15, -0.1) is 12.4 Å². The molecule has 3 rings (SSSR count). The number of nitrogens with zero attached hydrogens (tertiary/aromatic N) is 2. The van der Waals surface area contributed by atoms with Gasteiger partial charge in [0.05, 0.1) is 4.90 Å². The summed E-state index contributed by atoms with van der Waals surface area (Å²) in [5.74, 6) is -0.472. The SMILES string of the molecule is Cc1ccc(S(=O)(=O)N(CCN2CCCC2)C2CCNC2)cc1F.Cl. The predicted octanol–water partition coefficient (Wildman–Crippen LogP) is 2.00. The van der Waals surface area contributed by atoms with E-state index in [1.54, 1.807) is 11.2 Å². The highest BCUT2D eigenvalue weighted by atomic mass is 35.5. The number of hydrogen-bond donors (Lipinski definition) is 1. The summed E-state index contributed by atoms with van der Waals surface area (Å²) in [4.78, 5) is 2.36. The first-order valence-electron chi connectivity index (χ1n) is 8.69. The van der Waals surface area contributed by atoms with Gasteiger partial charge in [0.1, 0.15) is 5.82 Å². The first-order valence-corrected chi connectivity index (χ1v) is 10.1. The Hall–Kier alpha value is -0.730. The van der Waals surface area contributed by atoms with Crippen LogP contribution in [0.15, 0.2) is 23.1 Å². The highest BCUT2D eigenvalue weighted by Crippen LogP contribution is 2.23. The van der Waals surface area contributed by atoms with Gasteiger partial charge in [0.2, 0.25) is 10.0 Å². The molecule has 1 unspecified atom stereocenters. The molecule has 2 fully saturated rings. The second-order valence-corrected chi connectivity index (χ2v) is 8.61. The molecule has 0 radical (unpaired) electrons. The minimum absolute atomic E-state index is 0. The van der Waals surface area contributed by atoms with E-state index in [9.17, 15) is 12.8 Å². The summed E-state index contributed by atoms with van der Waals surface area (Å²) in [6.45, 7) is 6.40. The minimum atomic E-state index is -3.69. The molecule has 2 aliphatic heterocycles. The minimum Gasteiger partial charge on any atom is -0.315 e. The average molecular weight is 392 g/mol. The summed E-state index contributed by atoms with van der Waals surface area (Å²) in [6.07, 6.45) is 3.16. The summed E-state index contributed by atoms with van der Waals surface area (Å²) >= 11 is 0. The molecule has 0 aliphatic carbocycles. The number of benzene rings is 1. The Morgan fingerprint density at radius 2 is 2.04 bits per heavy atom. The van der Waals surface area contributed by atoms with Crippen LogP contribution in [0, 0.1) is 12.7 Å². The monoisotopic (exact) mass is 391 g/mol. The van der Waals surface area contributed by atoms with Crippen LogP contribution >= 0.6 is 12.4 Å². The van der Waals surface area contributed by atoms with Crippen LogP contribution in [-0.2, 0) is 10.0 Å². The zero-order valence-corrected chi connectivity index (χ0v) is 16.2. The van der Waals surface area contributed by atoms with Crippen molar-refractivity contribution in [3.8, 4) is 0 Å². The van der Waals surface area contributed by atoms with E-state index in [2.05, 4.69) is 10.2 Å². The number of hydrogen-bond acceptors (Lipinski definition) is 4. The largest absolute Gasteiger partial charge is 0.315 e. The van der Waals surface area contributed by atoms with Gasteiger partial charge >= 0.3 is 0 Å². The molecule has 1 aromatic carbocycles. The lowest BCUT2D eigenvalue weighted by molar-refractivity contribution is 0.265. The Morgan fingerprint density at radius 1 is 1.32 bits per heavy atom. The second kappa shape index (κ2) is 8.77. The van der Waals surface area contributed by atoms with Crippen LogP contribution in [0.2, 0.25) is 0 Å². The van der Waals surface area contributed by atoms with Crippen molar-refractivity contribution in [2.24, 2.45) is 0 Å². The quantitative estimate of drug-likeness (QED) is 0.805. The molecule has 25 heavy (non-hydrogen) atoms. The Balaban J connectivity index is 0.00000225. The molecule has 1 N–H and O–H groups in total. The fourth-order valence-electron chi connectivity index (χ4n) is 3.50. The molecule has 8 heteroatoms. The summed E-state index contributed by atoms with van der Waals surface area (Å²) in [6, 6.07) is 4.14. The second-order valence-electron chi connectivity index (χ2n) is 6.72. The Kier molecular flexibility index (Phi) is 7.22. The van der Waals surface area contributed by atoms with Crippen LogP contribution in [0.25, 0.3) is 0 Å². The van der Waals surface area contributed by atoms with Gasteiger partial charge in [-0.25, -0.2) is 12.8 Å². The lowest BCUT2D eigenvalue weighted by atomic mass is 10.2. The van der Waals surface area contributed by atoms with E-state index in [-0.39, 0.29) is 23.3 Å². The van der Waals surface area contributed by atoms with E-state index in [0.29, 0.717) is 18.7 Å². The number of nitrogens with one attached hydrogen (secondary N) is 1. The third-order valence-corrected chi connectivity index (χ3v) is 6.97. The van der Waals surface area contributed by atoms with Gasteiger partial charge in [0.15, 0.2) is 0 Å². The maximum atomic E-state index is 13.9. The van der Waals surface area contributed by atoms with E-state index < -0.39 is 15.8 Å². The summed E-state index contributed by atoms with van der Waals surface area (Å²) < 4.78 is 41.7. The molecule has 0 aromatic heterocycles. The lowest BCUT2D eigenvalue weighted by Gasteiger charge is -2.29. The van der Waals surface area contributed by atoms with Crippen LogP contribution in [0.1, 0.15) is 24.8 Å². The maximum absolute atomic E-state index is 13.9. The Labute approximate surface area is 156 Å². The number of likely N-dealkylation sites (tertiary alicyclic amines) is 1. The molecule has 1 atom stereocenters. The van der Waals surface area contributed by atoms with Crippen LogP contribution in [-0.4, -0.2) is 62.9 Å². The first-order chi connectivity index (χ1) is 11.5. The van der Waals surface area contributed by atoms with Crippen LogP contribution in [0.3, 0.4) is 0 Å². The van der Waals surface area contributed by atoms with Crippen molar-refractivity contribution >= 4 is 22.4 Å². The zero-order valence-electron chi connectivity index (χ0n) is 14.6. The highest BCUT2D eigenvalue weighted by molar-refractivity contribution is 7.89. The smallest absolute Gasteiger partial charge is 0.243 e. The third kappa shape index (κ3) is 4.71. The van der Waals surface area contributed by atoms with E-state index in [1.807, 2.05) is 0 Å². The Morgan fingerprint density at radius 3 is 2.64 bits per heavy atom. The van der Waals surface area contributed by atoms with Gasteiger partial charge in [-0.2, -0.15) is 4.31 Å². The van der Waals surface area contributed by atoms with Gasteiger partial charge in [0.25, 0.3) is 0 Å². The lowest BCUT2D eigenvalue weighted by Crippen LogP contribution is -2.45. The van der Waals surface area contributed by atoms with Crippen molar-refractivity contribution in [3.05, 3.63) is 29.6 Å². The molecule has 2 aliphatic rings. The normalized spacial score (nSPS) is 21.6. The molecule has 0 amide bonds. The van der Waals surface area contributed by atoms with Crippen LogP contribution in [0.5, 0.6) is 0 Å². The summed E-state index contributed by atoms with van der Waals surface area (Å²) in [7, 11) is -3.69. The number of rotatable bonds is 6. The van der Waals surface area contributed by atoms with Crippen LogP contribution < -0.4 is 5.32 Å². The van der Waals surface area contributed by atoms with Crippen molar-refractivity contribution in [2.75, 3.05) is 39.3 Å². The standard InChI is InChI=1S/C17H26FN3O2S.ClH/c1-14-4-5-16(12-17(14)18)24(22,23)21(15-6-7-19-13-15)11-10-20-8-2-3-9-20;/h4-5,12,15,19H,2-3,6-11,13H2,1H3;1H.